The quantitative estimate of drug-likeness (QED) is 0.785. The molecule has 0 N–H and O–H groups in total. The van der Waals surface area contributed by atoms with E-state index in [1.807, 2.05) is 6.07 Å². The lowest BCUT2D eigenvalue weighted by Crippen LogP contribution is -2.50. The Labute approximate surface area is 118 Å². The van der Waals surface area contributed by atoms with Crippen LogP contribution in [0.15, 0.2) is 10.7 Å². The van der Waals surface area contributed by atoms with Crippen molar-refractivity contribution >= 4 is 21.7 Å². The second-order valence-corrected chi connectivity index (χ2v) is 6.18. The number of hydrogen-bond acceptors (Lipinski definition) is 4. The monoisotopic (exact) mass is 312 g/mol. The average Bonchev–Trinajstić information content (AvgIpc) is 2.27. The Morgan fingerprint density at radius 2 is 2.06 bits per heavy atom. The number of rotatable bonds is 2. The minimum atomic E-state index is 0.351. The first-order valence-corrected chi connectivity index (χ1v) is 7.26. The fraction of sp³-hybridized carbons (Fsp3) is 0.692. The fourth-order valence-electron chi connectivity index (χ4n) is 2.31. The van der Waals surface area contributed by atoms with E-state index >= 15 is 0 Å². The van der Waals surface area contributed by atoms with Gasteiger partial charge in [-0.1, -0.05) is 13.8 Å². The van der Waals surface area contributed by atoms with Crippen LogP contribution in [0.3, 0.4) is 0 Å². The zero-order chi connectivity index (χ0) is 13.3. The standard InChI is InChI=1S/C13H21BrN4/c1-9(2)13-15-11(14)7-12(16-13)18-6-5-17(4)8-10(18)3/h7,9-10H,5-6,8H2,1-4H3. The van der Waals surface area contributed by atoms with Crippen LogP contribution in [0.4, 0.5) is 5.82 Å². The van der Waals surface area contributed by atoms with Crippen molar-refractivity contribution in [2.75, 3.05) is 31.6 Å². The maximum atomic E-state index is 4.70. The molecule has 1 aliphatic rings. The van der Waals surface area contributed by atoms with Crippen LogP contribution in [0.2, 0.25) is 0 Å². The van der Waals surface area contributed by atoms with Gasteiger partial charge < -0.3 is 9.80 Å². The Bertz CT molecular complexity index is 421. The largest absolute Gasteiger partial charge is 0.351 e. The molecule has 4 nitrogen and oxygen atoms in total. The summed E-state index contributed by atoms with van der Waals surface area (Å²) in [5, 5.41) is 0. The predicted molar refractivity (Wildman–Crippen MR) is 78.1 cm³/mol. The minimum absolute atomic E-state index is 0.351. The van der Waals surface area contributed by atoms with Crippen LogP contribution in [-0.2, 0) is 0 Å². The number of halogens is 1. The molecule has 1 unspecified atom stereocenters. The molecule has 0 amide bonds. The van der Waals surface area contributed by atoms with E-state index in [4.69, 9.17) is 4.98 Å². The zero-order valence-electron chi connectivity index (χ0n) is 11.5. The van der Waals surface area contributed by atoms with Crippen molar-refractivity contribution in [3.63, 3.8) is 0 Å². The SMILES string of the molecule is CC(C)c1nc(Br)cc(N2CCN(C)CC2C)n1. The highest BCUT2D eigenvalue weighted by Gasteiger charge is 2.23. The van der Waals surface area contributed by atoms with E-state index in [2.05, 4.69) is 58.5 Å². The van der Waals surface area contributed by atoms with Crippen LogP contribution >= 0.6 is 15.9 Å². The third-order valence-corrected chi connectivity index (χ3v) is 3.75. The highest BCUT2D eigenvalue weighted by molar-refractivity contribution is 9.10. The van der Waals surface area contributed by atoms with Gasteiger partial charge in [0, 0.05) is 37.7 Å². The van der Waals surface area contributed by atoms with Crippen molar-refractivity contribution in [3.05, 3.63) is 16.5 Å². The van der Waals surface area contributed by atoms with Crippen molar-refractivity contribution < 1.29 is 0 Å². The third kappa shape index (κ3) is 3.01. The summed E-state index contributed by atoms with van der Waals surface area (Å²) in [6.07, 6.45) is 0. The molecule has 1 saturated heterocycles. The van der Waals surface area contributed by atoms with Crippen LogP contribution in [0.1, 0.15) is 32.5 Å². The Morgan fingerprint density at radius 3 is 2.67 bits per heavy atom. The van der Waals surface area contributed by atoms with Gasteiger partial charge in [0.1, 0.15) is 16.2 Å². The predicted octanol–water partition coefficient (Wildman–Crippen LogP) is 2.50. The van der Waals surface area contributed by atoms with Gasteiger partial charge in [-0.05, 0) is 29.9 Å². The molecule has 0 bridgehead atoms. The first kappa shape index (κ1) is 13.7. The fourth-order valence-corrected chi connectivity index (χ4v) is 2.69. The van der Waals surface area contributed by atoms with E-state index in [1.165, 1.54) is 0 Å². The van der Waals surface area contributed by atoms with Crippen molar-refractivity contribution in [1.29, 1.82) is 0 Å². The van der Waals surface area contributed by atoms with Gasteiger partial charge in [0.25, 0.3) is 0 Å². The van der Waals surface area contributed by atoms with Crippen molar-refractivity contribution in [1.82, 2.24) is 14.9 Å². The van der Waals surface area contributed by atoms with E-state index in [9.17, 15) is 0 Å². The molecule has 1 aromatic heterocycles. The molecule has 0 radical (unpaired) electrons. The van der Waals surface area contributed by atoms with Gasteiger partial charge in [0.2, 0.25) is 0 Å². The normalized spacial score (nSPS) is 21.7. The molecule has 1 fully saturated rings. The number of hydrogen-bond donors (Lipinski definition) is 0. The summed E-state index contributed by atoms with van der Waals surface area (Å²) in [5.74, 6) is 2.30. The van der Waals surface area contributed by atoms with Gasteiger partial charge in [-0.25, -0.2) is 9.97 Å². The maximum Gasteiger partial charge on any atom is 0.134 e. The number of piperazine rings is 1. The van der Waals surface area contributed by atoms with Crippen LogP contribution < -0.4 is 4.90 Å². The first-order chi connectivity index (χ1) is 8.47. The van der Waals surface area contributed by atoms with Crippen LogP contribution in [-0.4, -0.2) is 47.6 Å². The van der Waals surface area contributed by atoms with Crippen molar-refractivity contribution in [3.8, 4) is 0 Å². The number of aromatic nitrogens is 2. The van der Waals surface area contributed by atoms with Gasteiger partial charge in [-0.2, -0.15) is 0 Å². The van der Waals surface area contributed by atoms with Crippen LogP contribution in [0, 0.1) is 0 Å². The second-order valence-electron chi connectivity index (χ2n) is 5.37. The number of anilines is 1. The lowest BCUT2D eigenvalue weighted by atomic mass is 10.2. The molecule has 2 rings (SSSR count). The lowest BCUT2D eigenvalue weighted by molar-refractivity contribution is 0.274. The van der Waals surface area contributed by atoms with Gasteiger partial charge in [0.05, 0.1) is 0 Å². The molecule has 5 heteroatoms. The average molecular weight is 313 g/mol. The summed E-state index contributed by atoms with van der Waals surface area (Å²) in [7, 11) is 2.17. The number of likely N-dealkylation sites (N-methyl/N-ethyl adjacent to an activating group) is 1. The Kier molecular flexibility index (Phi) is 4.22. The highest BCUT2D eigenvalue weighted by atomic mass is 79.9. The van der Waals surface area contributed by atoms with E-state index in [-0.39, 0.29) is 0 Å². The molecule has 0 spiro atoms. The van der Waals surface area contributed by atoms with Crippen molar-refractivity contribution in [2.45, 2.75) is 32.7 Å². The molecule has 1 aromatic rings. The zero-order valence-corrected chi connectivity index (χ0v) is 13.1. The topological polar surface area (TPSA) is 32.3 Å². The molecule has 18 heavy (non-hydrogen) atoms. The highest BCUT2D eigenvalue weighted by Crippen LogP contribution is 2.23. The molecule has 0 saturated carbocycles. The maximum absolute atomic E-state index is 4.70. The van der Waals surface area contributed by atoms with E-state index in [0.29, 0.717) is 12.0 Å². The van der Waals surface area contributed by atoms with Gasteiger partial charge in [-0.15, -0.1) is 0 Å². The Hall–Kier alpha value is -0.680. The van der Waals surface area contributed by atoms with Crippen LogP contribution in [0.5, 0.6) is 0 Å². The molecular weight excluding hydrogens is 292 g/mol. The van der Waals surface area contributed by atoms with E-state index < -0.39 is 0 Å². The molecule has 100 valence electrons. The van der Waals surface area contributed by atoms with Gasteiger partial charge >= 0.3 is 0 Å². The van der Waals surface area contributed by atoms with Gasteiger partial charge in [0.15, 0.2) is 0 Å². The molecular formula is C13H21BrN4. The molecule has 1 aliphatic heterocycles. The van der Waals surface area contributed by atoms with E-state index in [0.717, 1.165) is 35.9 Å². The molecule has 0 aromatic carbocycles. The summed E-state index contributed by atoms with van der Waals surface area (Å²) in [6, 6.07) is 2.51. The summed E-state index contributed by atoms with van der Waals surface area (Å²) in [6.45, 7) is 9.69. The lowest BCUT2D eigenvalue weighted by Gasteiger charge is -2.39. The summed E-state index contributed by atoms with van der Waals surface area (Å²) >= 11 is 3.49. The Morgan fingerprint density at radius 1 is 1.33 bits per heavy atom. The summed E-state index contributed by atoms with van der Waals surface area (Å²) in [4.78, 5) is 13.9. The smallest absolute Gasteiger partial charge is 0.134 e. The second kappa shape index (κ2) is 5.53. The Balaban J connectivity index is 2.27. The minimum Gasteiger partial charge on any atom is -0.351 e. The van der Waals surface area contributed by atoms with E-state index in [1.54, 1.807) is 0 Å². The van der Waals surface area contributed by atoms with Gasteiger partial charge in [-0.3, -0.25) is 0 Å². The van der Waals surface area contributed by atoms with Crippen molar-refractivity contribution in [2.24, 2.45) is 0 Å². The molecule has 2 heterocycles. The van der Waals surface area contributed by atoms with Crippen LogP contribution in [0.25, 0.3) is 0 Å². The summed E-state index contributed by atoms with van der Waals surface area (Å²) in [5.41, 5.74) is 0. The molecule has 0 aliphatic carbocycles. The molecule has 1 atom stereocenters. The first-order valence-electron chi connectivity index (χ1n) is 6.47. The number of nitrogens with zero attached hydrogens (tertiary/aromatic N) is 4. The summed E-state index contributed by atoms with van der Waals surface area (Å²) < 4.78 is 0.877. The third-order valence-electron chi connectivity index (χ3n) is 3.34.